The van der Waals surface area contributed by atoms with Gasteiger partial charge in [-0.1, -0.05) is 0 Å². The maximum atomic E-state index is 5.84. The standard InChI is InChI=1S/C14H21N3O/c1-9-7-14(16-10(2)15-9)17-12-5-6-18-13(8-12)11-3-4-11/h7,11-13H,3-6,8H2,1-2H3,(H,15,16,17). The fourth-order valence-electron chi connectivity index (χ4n) is 2.76. The Morgan fingerprint density at radius 3 is 2.78 bits per heavy atom. The Morgan fingerprint density at radius 2 is 2.06 bits per heavy atom. The maximum Gasteiger partial charge on any atom is 0.130 e. The Morgan fingerprint density at radius 1 is 1.22 bits per heavy atom. The van der Waals surface area contributed by atoms with Crippen molar-refractivity contribution in [3.63, 3.8) is 0 Å². The third-order valence-electron chi connectivity index (χ3n) is 3.78. The molecule has 3 rings (SSSR count). The van der Waals surface area contributed by atoms with Crippen LogP contribution in [0, 0.1) is 19.8 Å². The predicted molar refractivity (Wildman–Crippen MR) is 70.6 cm³/mol. The highest BCUT2D eigenvalue weighted by Gasteiger charge is 2.35. The molecule has 2 heterocycles. The first-order valence-corrected chi connectivity index (χ1v) is 6.91. The quantitative estimate of drug-likeness (QED) is 0.891. The molecule has 0 aromatic carbocycles. The molecule has 2 fully saturated rings. The average Bonchev–Trinajstić information content (AvgIpc) is 3.11. The largest absolute Gasteiger partial charge is 0.378 e. The summed E-state index contributed by atoms with van der Waals surface area (Å²) in [6, 6.07) is 2.52. The number of hydrogen-bond donors (Lipinski definition) is 1. The zero-order valence-electron chi connectivity index (χ0n) is 11.1. The molecule has 98 valence electrons. The summed E-state index contributed by atoms with van der Waals surface area (Å²) in [6.07, 6.45) is 5.37. The summed E-state index contributed by atoms with van der Waals surface area (Å²) in [6.45, 7) is 4.83. The number of ether oxygens (including phenoxy) is 1. The van der Waals surface area contributed by atoms with Crippen molar-refractivity contribution in [2.75, 3.05) is 11.9 Å². The van der Waals surface area contributed by atoms with E-state index in [1.807, 2.05) is 19.9 Å². The van der Waals surface area contributed by atoms with Gasteiger partial charge in [0.2, 0.25) is 0 Å². The SMILES string of the molecule is Cc1cc(NC2CCOC(C3CC3)C2)nc(C)n1. The Kier molecular flexibility index (Phi) is 3.20. The summed E-state index contributed by atoms with van der Waals surface area (Å²) in [5.74, 6) is 2.62. The first kappa shape index (κ1) is 11.9. The molecule has 2 atom stereocenters. The molecule has 1 aliphatic heterocycles. The average molecular weight is 247 g/mol. The van der Waals surface area contributed by atoms with Crippen molar-refractivity contribution in [2.24, 2.45) is 5.92 Å². The second-order valence-corrected chi connectivity index (χ2v) is 5.55. The summed E-state index contributed by atoms with van der Waals surface area (Å²) in [4.78, 5) is 8.76. The van der Waals surface area contributed by atoms with Crippen molar-refractivity contribution in [2.45, 2.75) is 51.7 Å². The van der Waals surface area contributed by atoms with Crippen LogP contribution in [-0.4, -0.2) is 28.7 Å². The van der Waals surface area contributed by atoms with Gasteiger partial charge in [-0.25, -0.2) is 9.97 Å². The summed E-state index contributed by atoms with van der Waals surface area (Å²) in [5, 5.41) is 3.54. The van der Waals surface area contributed by atoms with E-state index < -0.39 is 0 Å². The third-order valence-corrected chi connectivity index (χ3v) is 3.78. The van der Waals surface area contributed by atoms with Crippen LogP contribution in [-0.2, 0) is 4.74 Å². The predicted octanol–water partition coefficient (Wildman–Crippen LogP) is 2.46. The molecule has 1 saturated heterocycles. The van der Waals surface area contributed by atoms with Gasteiger partial charge in [0.1, 0.15) is 11.6 Å². The van der Waals surface area contributed by atoms with E-state index in [9.17, 15) is 0 Å². The van der Waals surface area contributed by atoms with Gasteiger partial charge in [0.15, 0.2) is 0 Å². The van der Waals surface area contributed by atoms with Crippen molar-refractivity contribution >= 4 is 5.82 Å². The van der Waals surface area contributed by atoms with E-state index in [0.717, 1.165) is 42.7 Å². The molecule has 2 unspecified atom stereocenters. The maximum absolute atomic E-state index is 5.84. The van der Waals surface area contributed by atoms with Gasteiger partial charge >= 0.3 is 0 Å². The molecule has 0 radical (unpaired) electrons. The molecule has 18 heavy (non-hydrogen) atoms. The molecule has 1 aromatic heterocycles. The zero-order valence-corrected chi connectivity index (χ0v) is 11.1. The summed E-state index contributed by atoms with van der Waals surface area (Å²) < 4.78 is 5.84. The first-order chi connectivity index (χ1) is 8.70. The molecule has 4 heteroatoms. The summed E-state index contributed by atoms with van der Waals surface area (Å²) in [7, 11) is 0. The lowest BCUT2D eigenvalue weighted by atomic mass is 10.00. The van der Waals surface area contributed by atoms with Crippen LogP contribution in [0.1, 0.15) is 37.2 Å². The first-order valence-electron chi connectivity index (χ1n) is 6.91. The minimum absolute atomic E-state index is 0.472. The molecule has 1 saturated carbocycles. The minimum atomic E-state index is 0.472. The van der Waals surface area contributed by atoms with Gasteiger partial charge in [-0.05, 0) is 45.4 Å². The van der Waals surface area contributed by atoms with Gasteiger partial charge in [-0.2, -0.15) is 0 Å². The monoisotopic (exact) mass is 247 g/mol. The third kappa shape index (κ3) is 2.80. The smallest absolute Gasteiger partial charge is 0.130 e. The lowest BCUT2D eigenvalue weighted by Crippen LogP contribution is -2.35. The van der Waals surface area contributed by atoms with Gasteiger partial charge in [0.25, 0.3) is 0 Å². The number of aromatic nitrogens is 2. The molecule has 1 aromatic rings. The highest BCUT2D eigenvalue weighted by atomic mass is 16.5. The van der Waals surface area contributed by atoms with E-state index in [1.165, 1.54) is 12.8 Å². The molecule has 4 nitrogen and oxygen atoms in total. The number of hydrogen-bond acceptors (Lipinski definition) is 4. The molecule has 0 amide bonds. The number of rotatable bonds is 3. The van der Waals surface area contributed by atoms with Crippen LogP contribution in [0.4, 0.5) is 5.82 Å². The summed E-state index contributed by atoms with van der Waals surface area (Å²) in [5.41, 5.74) is 1.02. The molecular weight excluding hydrogens is 226 g/mol. The molecule has 0 spiro atoms. The number of nitrogens with one attached hydrogen (secondary N) is 1. The van der Waals surface area contributed by atoms with Crippen LogP contribution in [0.5, 0.6) is 0 Å². The Hall–Kier alpha value is -1.16. The molecule has 0 bridgehead atoms. The van der Waals surface area contributed by atoms with Crippen LogP contribution < -0.4 is 5.32 Å². The van der Waals surface area contributed by atoms with E-state index in [-0.39, 0.29) is 0 Å². The van der Waals surface area contributed by atoms with Crippen LogP contribution in [0.2, 0.25) is 0 Å². The second-order valence-electron chi connectivity index (χ2n) is 5.55. The van der Waals surface area contributed by atoms with E-state index in [0.29, 0.717) is 12.1 Å². The van der Waals surface area contributed by atoms with Gasteiger partial charge in [0.05, 0.1) is 6.10 Å². The summed E-state index contributed by atoms with van der Waals surface area (Å²) >= 11 is 0. The van der Waals surface area contributed by atoms with Crippen molar-refractivity contribution in [3.8, 4) is 0 Å². The van der Waals surface area contributed by atoms with Crippen LogP contribution in [0.25, 0.3) is 0 Å². The Balaban J connectivity index is 1.64. The van der Waals surface area contributed by atoms with Gasteiger partial charge in [-0.3, -0.25) is 0 Å². The fourth-order valence-corrected chi connectivity index (χ4v) is 2.76. The van der Waals surface area contributed by atoms with Gasteiger partial charge in [-0.15, -0.1) is 0 Å². The topological polar surface area (TPSA) is 47.0 Å². The lowest BCUT2D eigenvalue weighted by molar-refractivity contribution is -0.00223. The molecule has 1 aliphatic carbocycles. The zero-order chi connectivity index (χ0) is 12.5. The van der Waals surface area contributed by atoms with E-state index in [2.05, 4.69) is 15.3 Å². The molecule has 2 aliphatic rings. The highest BCUT2D eigenvalue weighted by Crippen LogP contribution is 2.38. The number of anilines is 1. The number of nitrogens with zero attached hydrogens (tertiary/aromatic N) is 2. The van der Waals surface area contributed by atoms with Crippen molar-refractivity contribution in [1.29, 1.82) is 0 Å². The lowest BCUT2D eigenvalue weighted by Gasteiger charge is -2.30. The Bertz CT molecular complexity index is 411. The molecular formula is C14H21N3O. The van der Waals surface area contributed by atoms with E-state index >= 15 is 0 Å². The second kappa shape index (κ2) is 4.84. The van der Waals surface area contributed by atoms with Crippen LogP contribution >= 0.6 is 0 Å². The van der Waals surface area contributed by atoms with Crippen molar-refractivity contribution in [3.05, 3.63) is 17.6 Å². The Labute approximate surface area is 108 Å². The van der Waals surface area contributed by atoms with Gasteiger partial charge < -0.3 is 10.1 Å². The van der Waals surface area contributed by atoms with Crippen molar-refractivity contribution < 1.29 is 4.74 Å². The number of aryl methyl sites for hydroxylation is 2. The van der Waals surface area contributed by atoms with Crippen molar-refractivity contribution in [1.82, 2.24) is 9.97 Å². The van der Waals surface area contributed by atoms with Crippen LogP contribution in [0.3, 0.4) is 0 Å². The van der Waals surface area contributed by atoms with E-state index in [1.54, 1.807) is 0 Å². The molecule has 1 N–H and O–H groups in total. The normalized spacial score (nSPS) is 28.1. The van der Waals surface area contributed by atoms with Crippen LogP contribution in [0.15, 0.2) is 6.07 Å². The van der Waals surface area contributed by atoms with Gasteiger partial charge in [0, 0.05) is 24.4 Å². The fraction of sp³-hybridized carbons (Fsp3) is 0.714. The highest BCUT2D eigenvalue weighted by molar-refractivity contribution is 5.37. The van der Waals surface area contributed by atoms with E-state index in [4.69, 9.17) is 4.74 Å². The minimum Gasteiger partial charge on any atom is -0.378 e.